The normalized spacial score (nSPS) is 9.86. The molecule has 0 spiro atoms. The first-order valence-electron chi connectivity index (χ1n) is 5.81. The Morgan fingerprint density at radius 3 is 2.62 bits per heavy atom. The lowest BCUT2D eigenvalue weighted by molar-refractivity contribution is -0.385. The minimum Gasteiger partial charge on any atom is -0.508 e. The van der Waals surface area contributed by atoms with Gasteiger partial charge in [0.25, 0.3) is 0 Å². The molecule has 0 unspecified atom stereocenters. The number of nitrogen functional groups attached to an aromatic ring is 1. The van der Waals surface area contributed by atoms with Gasteiger partial charge in [-0.3, -0.25) is 10.1 Å². The van der Waals surface area contributed by atoms with Crippen LogP contribution in [0.3, 0.4) is 0 Å². The zero-order valence-corrected chi connectivity index (χ0v) is 10.8. The molecule has 2 rings (SSSR count). The number of nitrogens with one attached hydrogen (secondary N) is 1. The number of nitrogens with zero attached hydrogens (tertiary/aromatic N) is 3. The molecule has 2 aromatic rings. The molecule has 106 valence electrons. The van der Waals surface area contributed by atoms with E-state index in [0.29, 0.717) is 5.69 Å². The third-order valence-corrected chi connectivity index (χ3v) is 2.56. The van der Waals surface area contributed by atoms with Crippen LogP contribution in [0.2, 0.25) is 0 Å². The number of phenolic OH excluding ortho intramolecular Hbond substituents is 1. The number of benzene rings is 1. The van der Waals surface area contributed by atoms with Crippen molar-refractivity contribution in [2.75, 3.05) is 11.1 Å². The quantitative estimate of drug-likeness (QED) is 0.337. The SMILES string of the molecule is C#CCc1nc(Nc2ccc(O)cc2)nc(N)c1[N+](=O)[O-]. The van der Waals surface area contributed by atoms with Gasteiger partial charge in [-0.05, 0) is 24.3 Å². The highest BCUT2D eigenvalue weighted by atomic mass is 16.6. The highest BCUT2D eigenvalue weighted by molar-refractivity contribution is 5.62. The summed E-state index contributed by atoms with van der Waals surface area (Å²) in [4.78, 5) is 18.1. The van der Waals surface area contributed by atoms with Crippen LogP contribution in [-0.4, -0.2) is 20.0 Å². The minimum absolute atomic E-state index is 0.0344. The molecule has 0 saturated carbocycles. The topological polar surface area (TPSA) is 127 Å². The van der Waals surface area contributed by atoms with Crippen molar-refractivity contribution >= 4 is 23.1 Å². The summed E-state index contributed by atoms with van der Waals surface area (Å²) in [5.41, 5.74) is 5.86. The Bertz CT molecular complexity index is 722. The summed E-state index contributed by atoms with van der Waals surface area (Å²) in [5.74, 6) is 2.23. The van der Waals surface area contributed by atoms with Crippen LogP contribution in [0.25, 0.3) is 0 Å². The second-order valence-corrected chi connectivity index (χ2v) is 4.04. The van der Waals surface area contributed by atoms with E-state index < -0.39 is 4.92 Å². The lowest BCUT2D eigenvalue weighted by atomic mass is 10.2. The van der Waals surface area contributed by atoms with Gasteiger partial charge in [-0.25, -0.2) is 4.98 Å². The summed E-state index contributed by atoms with van der Waals surface area (Å²) in [5, 5.41) is 23.0. The van der Waals surface area contributed by atoms with Crippen molar-refractivity contribution in [3.63, 3.8) is 0 Å². The molecule has 0 bridgehead atoms. The molecule has 0 saturated heterocycles. The van der Waals surface area contributed by atoms with Gasteiger partial charge < -0.3 is 16.2 Å². The van der Waals surface area contributed by atoms with E-state index in [0.717, 1.165) is 0 Å². The van der Waals surface area contributed by atoms with E-state index in [2.05, 4.69) is 21.2 Å². The maximum Gasteiger partial charge on any atom is 0.333 e. The predicted octanol–water partition coefficient (Wildman–Crippen LogP) is 1.59. The van der Waals surface area contributed by atoms with E-state index in [9.17, 15) is 15.2 Å². The highest BCUT2D eigenvalue weighted by Crippen LogP contribution is 2.26. The van der Waals surface area contributed by atoms with Crippen molar-refractivity contribution in [1.82, 2.24) is 9.97 Å². The molecule has 21 heavy (non-hydrogen) atoms. The maximum atomic E-state index is 11.0. The van der Waals surface area contributed by atoms with E-state index in [-0.39, 0.29) is 35.3 Å². The average molecular weight is 285 g/mol. The second kappa shape index (κ2) is 5.75. The molecule has 1 aromatic heterocycles. The van der Waals surface area contributed by atoms with Gasteiger partial charge in [0.05, 0.1) is 11.3 Å². The number of terminal acetylenes is 1. The first-order valence-corrected chi connectivity index (χ1v) is 5.81. The number of hydrogen-bond acceptors (Lipinski definition) is 7. The summed E-state index contributed by atoms with van der Waals surface area (Å²) in [6.45, 7) is 0. The van der Waals surface area contributed by atoms with Gasteiger partial charge in [-0.2, -0.15) is 4.98 Å². The van der Waals surface area contributed by atoms with Crippen molar-refractivity contribution < 1.29 is 10.0 Å². The average Bonchev–Trinajstić information content (AvgIpc) is 2.41. The van der Waals surface area contributed by atoms with Gasteiger partial charge in [-0.15, -0.1) is 12.3 Å². The Labute approximate surface area is 119 Å². The largest absolute Gasteiger partial charge is 0.508 e. The van der Waals surface area contributed by atoms with Crippen LogP contribution in [0, 0.1) is 22.5 Å². The molecule has 0 atom stereocenters. The van der Waals surface area contributed by atoms with E-state index in [4.69, 9.17) is 12.2 Å². The zero-order valence-electron chi connectivity index (χ0n) is 10.8. The van der Waals surface area contributed by atoms with Gasteiger partial charge in [0.1, 0.15) is 11.4 Å². The fourth-order valence-electron chi connectivity index (χ4n) is 1.67. The third kappa shape index (κ3) is 3.16. The molecular formula is C13H11N5O3. The van der Waals surface area contributed by atoms with Crippen molar-refractivity contribution in [2.24, 2.45) is 0 Å². The molecule has 0 amide bonds. The number of rotatable bonds is 4. The molecular weight excluding hydrogens is 274 g/mol. The summed E-state index contributed by atoms with van der Waals surface area (Å²) in [7, 11) is 0. The number of aromatic hydroxyl groups is 1. The summed E-state index contributed by atoms with van der Waals surface area (Å²) in [6, 6.07) is 6.13. The standard InChI is InChI=1S/C13H11N5O3/c1-2-3-10-11(18(20)21)12(14)17-13(16-10)15-8-4-6-9(19)7-5-8/h1,4-7,19H,3H2,(H3,14,15,16,17). The Hall–Kier alpha value is -3.34. The van der Waals surface area contributed by atoms with Crippen LogP contribution < -0.4 is 11.1 Å². The number of phenols is 1. The molecule has 8 heteroatoms. The van der Waals surface area contributed by atoms with Gasteiger partial charge in [0.2, 0.25) is 11.8 Å². The second-order valence-electron chi connectivity index (χ2n) is 4.04. The van der Waals surface area contributed by atoms with E-state index in [1.807, 2.05) is 0 Å². The van der Waals surface area contributed by atoms with Gasteiger partial charge in [0, 0.05) is 5.69 Å². The summed E-state index contributed by atoms with van der Waals surface area (Å²) in [6.07, 6.45) is 5.14. The summed E-state index contributed by atoms with van der Waals surface area (Å²) < 4.78 is 0. The number of hydrogen-bond donors (Lipinski definition) is 3. The van der Waals surface area contributed by atoms with Crippen LogP contribution in [-0.2, 0) is 6.42 Å². The number of anilines is 3. The first kappa shape index (κ1) is 14.1. The van der Waals surface area contributed by atoms with Gasteiger partial charge in [-0.1, -0.05) is 0 Å². The molecule has 4 N–H and O–H groups in total. The number of nitro groups is 1. The molecule has 0 aliphatic rings. The van der Waals surface area contributed by atoms with Crippen LogP contribution in [0.5, 0.6) is 5.75 Å². The molecule has 0 aliphatic carbocycles. The van der Waals surface area contributed by atoms with Crippen LogP contribution >= 0.6 is 0 Å². The number of aromatic nitrogens is 2. The Morgan fingerprint density at radius 2 is 2.05 bits per heavy atom. The van der Waals surface area contributed by atoms with Crippen LogP contribution in [0.4, 0.5) is 23.1 Å². The fraction of sp³-hybridized carbons (Fsp3) is 0.0769. The molecule has 1 aromatic carbocycles. The third-order valence-electron chi connectivity index (χ3n) is 2.56. The molecule has 0 radical (unpaired) electrons. The van der Waals surface area contributed by atoms with E-state index in [1.54, 1.807) is 12.1 Å². The van der Waals surface area contributed by atoms with Crippen molar-refractivity contribution in [3.8, 4) is 18.1 Å². The predicted molar refractivity (Wildman–Crippen MR) is 77.0 cm³/mol. The van der Waals surface area contributed by atoms with Crippen molar-refractivity contribution in [1.29, 1.82) is 0 Å². The fourth-order valence-corrected chi connectivity index (χ4v) is 1.67. The first-order chi connectivity index (χ1) is 10.0. The maximum absolute atomic E-state index is 11.0. The Kier molecular flexibility index (Phi) is 3.85. The van der Waals surface area contributed by atoms with Gasteiger partial charge >= 0.3 is 5.69 Å². The van der Waals surface area contributed by atoms with E-state index in [1.165, 1.54) is 12.1 Å². The van der Waals surface area contributed by atoms with Crippen LogP contribution in [0.1, 0.15) is 5.69 Å². The molecule has 0 aliphatic heterocycles. The monoisotopic (exact) mass is 285 g/mol. The van der Waals surface area contributed by atoms with E-state index >= 15 is 0 Å². The lowest BCUT2D eigenvalue weighted by Gasteiger charge is -2.08. The lowest BCUT2D eigenvalue weighted by Crippen LogP contribution is -2.08. The highest BCUT2D eigenvalue weighted by Gasteiger charge is 2.22. The smallest absolute Gasteiger partial charge is 0.333 e. The van der Waals surface area contributed by atoms with Crippen LogP contribution in [0.15, 0.2) is 24.3 Å². The zero-order chi connectivity index (χ0) is 15.4. The van der Waals surface area contributed by atoms with Crippen molar-refractivity contribution in [3.05, 3.63) is 40.1 Å². The number of nitrogens with two attached hydrogens (primary N) is 1. The van der Waals surface area contributed by atoms with Gasteiger partial charge in [0.15, 0.2) is 0 Å². The van der Waals surface area contributed by atoms with Crippen molar-refractivity contribution in [2.45, 2.75) is 6.42 Å². The summed E-state index contributed by atoms with van der Waals surface area (Å²) >= 11 is 0. The Morgan fingerprint density at radius 1 is 1.38 bits per heavy atom. The Balaban J connectivity index is 2.39. The molecule has 8 nitrogen and oxygen atoms in total. The molecule has 1 heterocycles. The molecule has 0 fully saturated rings. The minimum atomic E-state index is -0.660.